The van der Waals surface area contributed by atoms with Crippen LogP contribution in [0.25, 0.3) is 0 Å². The summed E-state index contributed by atoms with van der Waals surface area (Å²) in [5, 5.41) is 6.24. The third kappa shape index (κ3) is 3.63. The maximum Gasteiger partial charge on any atom is 0.304 e. The van der Waals surface area contributed by atoms with Crippen molar-refractivity contribution in [1.82, 2.24) is 0 Å². The van der Waals surface area contributed by atoms with E-state index in [1.54, 1.807) is 0 Å². The van der Waals surface area contributed by atoms with Gasteiger partial charge < -0.3 is 9.84 Å². The van der Waals surface area contributed by atoms with Gasteiger partial charge in [-0.1, -0.05) is 0 Å². The van der Waals surface area contributed by atoms with E-state index in [-0.39, 0.29) is 4.90 Å². The van der Waals surface area contributed by atoms with Crippen molar-refractivity contribution in [2.75, 3.05) is 7.11 Å². The molecule has 19 heavy (non-hydrogen) atoms. The Morgan fingerprint density at radius 2 is 1.84 bits per heavy atom. The van der Waals surface area contributed by atoms with Crippen LogP contribution in [0.15, 0.2) is 29.2 Å². The first kappa shape index (κ1) is 15.4. The number of ether oxygens (including phenoxy) is 1. The number of halogens is 2. The molecule has 0 bridgehead atoms. The second-order valence-electron chi connectivity index (χ2n) is 3.69. The SMILES string of the molecule is COc1ccc(S(=O)(=O)C(CC(=O)O)C(F)F)cc1. The van der Waals surface area contributed by atoms with E-state index >= 15 is 0 Å². The summed E-state index contributed by atoms with van der Waals surface area (Å²) in [7, 11) is -3.04. The van der Waals surface area contributed by atoms with Crippen LogP contribution in [-0.2, 0) is 14.6 Å². The van der Waals surface area contributed by atoms with Gasteiger partial charge in [0.1, 0.15) is 11.0 Å². The van der Waals surface area contributed by atoms with Crippen LogP contribution in [0.2, 0.25) is 0 Å². The summed E-state index contributed by atoms with van der Waals surface area (Å²) in [6.07, 6.45) is -4.42. The molecule has 0 aliphatic carbocycles. The molecule has 5 nitrogen and oxygen atoms in total. The lowest BCUT2D eigenvalue weighted by atomic mass is 10.3. The number of hydrogen-bond donors (Lipinski definition) is 1. The van der Waals surface area contributed by atoms with Crippen molar-refractivity contribution in [1.29, 1.82) is 0 Å². The highest BCUT2D eigenvalue weighted by atomic mass is 32.2. The van der Waals surface area contributed by atoms with Crippen LogP contribution in [0, 0.1) is 0 Å². The van der Waals surface area contributed by atoms with E-state index in [2.05, 4.69) is 0 Å². The fourth-order valence-electron chi connectivity index (χ4n) is 1.45. The summed E-state index contributed by atoms with van der Waals surface area (Å²) in [5.41, 5.74) is 0. The molecule has 0 saturated heterocycles. The van der Waals surface area contributed by atoms with Crippen molar-refractivity contribution < 1.29 is 31.8 Å². The van der Waals surface area contributed by atoms with Crippen LogP contribution in [-0.4, -0.2) is 38.3 Å². The van der Waals surface area contributed by atoms with E-state index in [0.717, 1.165) is 12.1 Å². The molecule has 1 aromatic rings. The van der Waals surface area contributed by atoms with Crippen LogP contribution >= 0.6 is 0 Å². The van der Waals surface area contributed by atoms with Crippen LogP contribution in [0.4, 0.5) is 8.78 Å². The van der Waals surface area contributed by atoms with E-state index in [4.69, 9.17) is 9.84 Å². The number of benzene rings is 1. The highest BCUT2D eigenvalue weighted by molar-refractivity contribution is 7.92. The third-order valence-corrected chi connectivity index (χ3v) is 4.54. The molecule has 0 heterocycles. The number of rotatable bonds is 6. The number of sulfone groups is 1. The minimum absolute atomic E-state index is 0.361. The largest absolute Gasteiger partial charge is 0.497 e. The normalized spacial score (nSPS) is 13.3. The number of hydrogen-bond acceptors (Lipinski definition) is 4. The van der Waals surface area contributed by atoms with Crippen molar-refractivity contribution in [2.45, 2.75) is 23.0 Å². The van der Waals surface area contributed by atoms with Gasteiger partial charge >= 0.3 is 5.97 Å². The van der Waals surface area contributed by atoms with Crippen molar-refractivity contribution in [3.05, 3.63) is 24.3 Å². The van der Waals surface area contributed by atoms with E-state index in [0.29, 0.717) is 5.75 Å². The molecule has 1 aromatic carbocycles. The Morgan fingerprint density at radius 1 is 1.32 bits per heavy atom. The fraction of sp³-hybridized carbons (Fsp3) is 0.364. The number of alkyl halides is 2. The minimum Gasteiger partial charge on any atom is -0.497 e. The van der Waals surface area contributed by atoms with E-state index in [1.807, 2.05) is 0 Å². The van der Waals surface area contributed by atoms with Crippen molar-refractivity contribution in [3.8, 4) is 5.75 Å². The Labute approximate surface area is 108 Å². The molecule has 0 amide bonds. The average Bonchev–Trinajstić information content (AvgIpc) is 2.35. The van der Waals surface area contributed by atoms with E-state index in [1.165, 1.54) is 19.2 Å². The van der Waals surface area contributed by atoms with Crippen LogP contribution in [0.1, 0.15) is 6.42 Å². The molecule has 1 N–H and O–H groups in total. The standard InChI is InChI=1S/C11H12F2O5S/c1-18-7-2-4-8(5-3-7)19(16,17)9(11(12)13)6-10(14)15/h2-5,9,11H,6H2,1H3,(H,14,15). The number of carboxylic acid groups (broad SMARTS) is 1. The number of carboxylic acids is 1. The predicted molar refractivity (Wildman–Crippen MR) is 62.2 cm³/mol. The molecular weight excluding hydrogens is 282 g/mol. The van der Waals surface area contributed by atoms with E-state index < -0.39 is 33.9 Å². The maximum atomic E-state index is 12.7. The monoisotopic (exact) mass is 294 g/mol. The van der Waals surface area contributed by atoms with Gasteiger partial charge in [0.05, 0.1) is 18.4 Å². The molecule has 0 aliphatic rings. The van der Waals surface area contributed by atoms with Crippen molar-refractivity contribution >= 4 is 15.8 Å². The predicted octanol–water partition coefficient (Wildman–Crippen LogP) is 1.58. The average molecular weight is 294 g/mol. The van der Waals surface area contributed by atoms with Gasteiger partial charge in [-0.15, -0.1) is 0 Å². The maximum absolute atomic E-state index is 12.7. The topological polar surface area (TPSA) is 80.7 Å². The van der Waals surface area contributed by atoms with Gasteiger partial charge in [-0.25, -0.2) is 17.2 Å². The second-order valence-corrected chi connectivity index (χ2v) is 5.86. The molecule has 0 aromatic heterocycles. The zero-order chi connectivity index (χ0) is 14.6. The first-order valence-corrected chi connectivity index (χ1v) is 6.71. The summed E-state index contributed by atoms with van der Waals surface area (Å²) in [6.45, 7) is 0. The summed E-state index contributed by atoms with van der Waals surface area (Å²) in [6, 6.07) is 4.81. The Morgan fingerprint density at radius 3 is 2.21 bits per heavy atom. The Balaban J connectivity index is 3.14. The molecule has 0 spiro atoms. The molecule has 0 aliphatic heterocycles. The highest BCUT2D eigenvalue weighted by Crippen LogP contribution is 2.25. The molecule has 0 saturated carbocycles. The third-order valence-electron chi connectivity index (χ3n) is 2.44. The fourth-order valence-corrected chi connectivity index (χ4v) is 2.94. The van der Waals surface area contributed by atoms with Gasteiger partial charge in [-0.3, -0.25) is 4.79 Å². The molecule has 1 atom stereocenters. The Hall–Kier alpha value is -1.70. The molecule has 0 radical (unpaired) electrons. The second kappa shape index (κ2) is 5.96. The van der Waals surface area contributed by atoms with Crippen LogP contribution in [0.5, 0.6) is 5.75 Å². The van der Waals surface area contributed by atoms with Gasteiger partial charge in [0, 0.05) is 0 Å². The summed E-state index contributed by atoms with van der Waals surface area (Å²) >= 11 is 0. The smallest absolute Gasteiger partial charge is 0.304 e. The minimum atomic E-state index is -4.41. The first-order valence-electron chi connectivity index (χ1n) is 5.17. The van der Waals surface area contributed by atoms with Crippen LogP contribution < -0.4 is 4.74 Å². The van der Waals surface area contributed by atoms with Crippen molar-refractivity contribution in [3.63, 3.8) is 0 Å². The molecule has 0 fully saturated rings. The molecule has 1 rings (SSSR count). The lowest BCUT2D eigenvalue weighted by molar-refractivity contribution is -0.137. The number of methoxy groups -OCH3 is 1. The van der Waals surface area contributed by atoms with Gasteiger partial charge in [0.2, 0.25) is 0 Å². The van der Waals surface area contributed by atoms with E-state index in [9.17, 15) is 22.0 Å². The number of carbonyl (C=O) groups is 1. The molecule has 106 valence electrons. The summed E-state index contributed by atoms with van der Waals surface area (Å²) in [4.78, 5) is 10.1. The Kier molecular flexibility index (Phi) is 4.82. The quantitative estimate of drug-likeness (QED) is 0.861. The summed E-state index contributed by atoms with van der Waals surface area (Å²) < 4.78 is 54.1. The highest BCUT2D eigenvalue weighted by Gasteiger charge is 2.37. The van der Waals surface area contributed by atoms with Gasteiger partial charge in [-0.2, -0.15) is 0 Å². The van der Waals surface area contributed by atoms with Crippen molar-refractivity contribution in [2.24, 2.45) is 0 Å². The zero-order valence-corrected chi connectivity index (χ0v) is 10.7. The Bertz CT molecular complexity index is 539. The molecule has 8 heteroatoms. The molecule has 1 unspecified atom stereocenters. The number of aliphatic carboxylic acids is 1. The molecular formula is C11H12F2O5S. The van der Waals surface area contributed by atoms with Crippen LogP contribution in [0.3, 0.4) is 0 Å². The van der Waals surface area contributed by atoms with Gasteiger partial charge in [0.15, 0.2) is 9.84 Å². The van der Waals surface area contributed by atoms with Gasteiger partial charge in [-0.05, 0) is 24.3 Å². The lowest BCUT2D eigenvalue weighted by Gasteiger charge is -2.15. The zero-order valence-electron chi connectivity index (χ0n) is 9.92. The van der Waals surface area contributed by atoms with Gasteiger partial charge in [0.25, 0.3) is 6.43 Å². The first-order chi connectivity index (χ1) is 8.78. The lowest BCUT2D eigenvalue weighted by Crippen LogP contribution is -2.31. The summed E-state index contributed by atoms with van der Waals surface area (Å²) in [5.74, 6) is -1.23.